The Hall–Kier alpha value is -5.24. The van der Waals surface area contributed by atoms with Crippen molar-refractivity contribution in [1.29, 1.82) is 0 Å². The number of pyridine rings is 1. The Balaban J connectivity index is 1.35. The van der Waals surface area contributed by atoms with Gasteiger partial charge in [0.25, 0.3) is 0 Å². The summed E-state index contributed by atoms with van der Waals surface area (Å²) < 4.78 is 9.49. The van der Waals surface area contributed by atoms with Gasteiger partial charge in [0.05, 0.1) is 11.1 Å². The van der Waals surface area contributed by atoms with Crippen molar-refractivity contribution in [2.75, 3.05) is 11.9 Å². The first-order valence-corrected chi connectivity index (χ1v) is 18.8. The highest BCUT2D eigenvalue weighted by Crippen LogP contribution is 2.56. The summed E-state index contributed by atoms with van der Waals surface area (Å²) in [7, 11) is 2.16. The van der Waals surface area contributed by atoms with Gasteiger partial charge in [0.2, 0.25) is 0 Å². The molecule has 1 aliphatic carbocycles. The molecule has 3 aromatic heterocycles. The number of carbonyl (C=O) groups is 1. The van der Waals surface area contributed by atoms with Crippen molar-refractivity contribution in [3.63, 3.8) is 0 Å². The number of nitrogens with zero attached hydrogens (tertiary/aromatic N) is 2. The molecule has 0 bridgehead atoms. The fourth-order valence-corrected chi connectivity index (χ4v) is 11.5. The molecule has 0 radical (unpaired) electrons. The number of rotatable bonds is 2. The topological polar surface area (TPSA) is 62.7 Å². The van der Waals surface area contributed by atoms with Gasteiger partial charge in [0.1, 0.15) is 11.5 Å². The Bertz CT molecular complexity index is 2860. The van der Waals surface area contributed by atoms with Gasteiger partial charge < -0.3 is 14.7 Å². The van der Waals surface area contributed by atoms with E-state index in [1.807, 2.05) is 28.7 Å². The number of fused-ring (bicyclic) bond motifs is 12. The largest absolute Gasteiger partial charge is 0.478 e. The molecule has 51 heavy (non-hydrogen) atoms. The molecule has 10 rings (SSSR count). The SMILES string of the molecule is CC1=c2cc3c(cc2-c2sc4ccccc4c2C1(C)C)=C(c1ccncc1C(=O)O)c1cc2c(cc1O3)N(C)C(C)(C)c1c-2sc2ccccc12. The molecule has 7 aromatic rings. The van der Waals surface area contributed by atoms with Crippen molar-refractivity contribution >= 4 is 65.6 Å². The monoisotopic (exact) mass is 702 g/mol. The van der Waals surface area contributed by atoms with E-state index in [9.17, 15) is 9.90 Å². The van der Waals surface area contributed by atoms with Gasteiger partial charge in [-0.25, -0.2) is 4.79 Å². The number of aromatic carboxylic acids is 1. The van der Waals surface area contributed by atoms with Crippen LogP contribution in [0.15, 0.2) is 91.3 Å². The number of carboxylic acids is 1. The second kappa shape index (κ2) is 10.2. The first-order valence-electron chi connectivity index (χ1n) is 17.2. The summed E-state index contributed by atoms with van der Waals surface area (Å²) in [5.41, 5.74) is 9.36. The molecule has 1 N–H and O–H groups in total. The van der Waals surface area contributed by atoms with E-state index in [1.54, 1.807) is 6.20 Å². The van der Waals surface area contributed by atoms with Crippen LogP contribution in [0.5, 0.6) is 11.5 Å². The first-order chi connectivity index (χ1) is 24.5. The minimum atomic E-state index is -1.01. The lowest BCUT2D eigenvalue weighted by Crippen LogP contribution is -2.41. The molecule has 3 aliphatic rings. The van der Waals surface area contributed by atoms with E-state index < -0.39 is 5.97 Å². The zero-order valence-electron chi connectivity index (χ0n) is 29.1. The van der Waals surface area contributed by atoms with Crippen molar-refractivity contribution in [3.05, 3.63) is 130 Å². The molecule has 250 valence electrons. The molecular formula is C44H34N2O3S2. The third-order valence-corrected chi connectivity index (χ3v) is 14.2. The van der Waals surface area contributed by atoms with Gasteiger partial charge in [-0.15, -0.1) is 22.7 Å². The van der Waals surface area contributed by atoms with Crippen LogP contribution in [0.1, 0.15) is 67.2 Å². The van der Waals surface area contributed by atoms with E-state index in [0.29, 0.717) is 11.3 Å². The summed E-state index contributed by atoms with van der Waals surface area (Å²) in [6.45, 7) is 11.4. The minimum Gasteiger partial charge on any atom is -0.478 e. The van der Waals surface area contributed by atoms with E-state index in [-0.39, 0.29) is 16.5 Å². The Morgan fingerprint density at radius 3 is 2.14 bits per heavy atom. The number of aromatic nitrogens is 1. The van der Waals surface area contributed by atoms with Gasteiger partial charge in [0, 0.05) is 94.4 Å². The maximum absolute atomic E-state index is 12.8. The summed E-state index contributed by atoms with van der Waals surface area (Å²) in [5.74, 6) is 0.429. The fraction of sp³-hybridized carbons (Fsp3) is 0.182. The standard InChI is InChI=1S/C44H34N2O3S2/c1-22-26-19-33-29(17-27(26)40-38(43(22,2)3)24-11-7-9-13-35(24)50-40)37(23-15-16-45-21-31(23)42(47)48)30-18-28-32(20-34(30)49-33)46(6)44(4,5)39-25-12-8-10-14-36(25)51-41(28)39/h7-21H,1-6H3,(H,47,48). The van der Waals surface area contributed by atoms with Crippen LogP contribution in [0.4, 0.5) is 5.69 Å². The Morgan fingerprint density at radius 2 is 1.43 bits per heavy atom. The molecule has 0 saturated heterocycles. The molecule has 0 amide bonds. The average molecular weight is 703 g/mol. The van der Waals surface area contributed by atoms with E-state index in [4.69, 9.17) is 4.74 Å². The van der Waals surface area contributed by atoms with Gasteiger partial charge >= 0.3 is 5.97 Å². The van der Waals surface area contributed by atoms with Crippen molar-refractivity contribution in [2.24, 2.45) is 0 Å². The number of hydrogen-bond acceptors (Lipinski definition) is 6. The highest BCUT2D eigenvalue weighted by molar-refractivity contribution is 7.23. The van der Waals surface area contributed by atoms with Crippen LogP contribution in [0.25, 0.3) is 52.2 Å². The van der Waals surface area contributed by atoms with Crippen molar-refractivity contribution in [2.45, 2.75) is 45.6 Å². The minimum absolute atomic E-state index is 0.161. The molecule has 2 aliphatic heterocycles. The highest BCUT2D eigenvalue weighted by atomic mass is 32.1. The number of thiophene rings is 2. The van der Waals surface area contributed by atoms with Crippen LogP contribution in [-0.2, 0) is 11.0 Å². The third-order valence-electron chi connectivity index (χ3n) is 11.8. The molecule has 0 fully saturated rings. The number of anilines is 1. The van der Waals surface area contributed by atoms with E-state index in [2.05, 4.69) is 124 Å². The van der Waals surface area contributed by atoms with E-state index >= 15 is 0 Å². The van der Waals surface area contributed by atoms with Gasteiger partial charge in [-0.3, -0.25) is 4.98 Å². The molecule has 0 saturated carbocycles. The number of ether oxygens (including phenoxy) is 1. The normalized spacial score (nSPS) is 16.2. The van der Waals surface area contributed by atoms with E-state index in [1.165, 1.54) is 58.0 Å². The predicted molar refractivity (Wildman–Crippen MR) is 210 cm³/mol. The van der Waals surface area contributed by atoms with Gasteiger partial charge in [-0.05, 0) is 78.7 Å². The van der Waals surface area contributed by atoms with Gasteiger partial charge in [-0.1, -0.05) is 55.8 Å². The molecule has 5 nitrogen and oxygen atoms in total. The lowest BCUT2D eigenvalue weighted by atomic mass is 9.71. The molecule has 0 unspecified atom stereocenters. The number of carboxylic acid groups (broad SMARTS) is 1. The zero-order valence-corrected chi connectivity index (χ0v) is 30.8. The highest BCUT2D eigenvalue weighted by Gasteiger charge is 2.40. The second-order valence-electron chi connectivity index (χ2n) is 14.9. The van der Waals surface area contributed by atoms with Crippen LogP contribution < -0.4 is 20.1 Å². The molecule has 7 heteroatoms. The van der Waals surface area contributed by atoms with Crippen LogP contribution >= 0.6 is 22.7 Å². The number of hydrogen-bond donors (Lipinski definition) is 1. The Morgan fingerprint density at radius 1 is 0.765 bits per heavy atom. The van der Waals surface area contributed by atoms with E-state index in [0.717, 1.165) is 38.9 Å². The summed E-state index contributed by atoms with van der Waals surface area (Å²) >= 11 is 3.65. The molecule has 0 spiro atoms. The maximum Gasteiger partial charge on any atom is 0.337 e. The summed E-state index contributed by atoms with van der Waals surface area (Å²) in [6, 6.07) is 28.0. The van der Waals surface area contributed by atoms with Crippen molar-refractivity contribution in [3.8, 4) is 32.4 Å². The third kappa shape index (κ3) is 3.96. The van der Waals surface area contributed by atoms with Crippen LogP contribution in [0, 0.1) is 0 Å². The van der Waals surface area contributed by atoms with Crippen molar-refractivity contribution < 1.29 is 14.6 Å². The Kier molecular flexibility index (Phi) is 6.10. The lowest BCUT2D eigenvalue weighted by Gasteiger charge is -2.43. The second-order valence-corrected chi connectivity index (χ2v) is 17.0. The fourth-order valence-electron chi connectivity index (χ4n) is 8.69. The first kappa shape index (κ1) is 30.6. The smallest absolute Gasteiger partial charge is 0.337 e. The lowest BCUT2D eigenvalue weighted by molar-refractivity contribution is 0.0696. The Labute approximate surface area is 303 Å². The van der Waals surface area contributed by atoms with Crippen LogP contribution in [-0.4, -0.2) is 23.1 Å². The zero-order chi connectivity index (χ0) is 35.1. The quantitative estimate of drug-likeness (QED) is 0.194. The number of benzene rings is 4. The summed E-state index contributed by atoms with van der Waals surface area (Å²) in [4.78, 5) is 21.9. The van der Waals surface area contributed by atoms with Gasteiger partial charge in [0.15, 0.2) is 0 Å². The average Bonchev–Trinajstić information content (AvgIpc) is 3.72. The molecule has 0 atom stereocenters. The molecule has 5 heterocycles. The van der Waals surface area contributed by atoms with Crippen LogP contribution in [0.3, 0.4) is 0 Å². The van der Waals surface area contributed by atoms with Crippen LogP contribution in [0.2, 0.25) is 0 Å². The summed E-state index contributed by atoms with van der Waals surface area (Å²) in [6.07, 6.45) is 3.15. The molecular weight excluding hydrogens is 669 g/mol. The van der Waals surface area contributed by atoms with Crippen molar-refractivity contribution in [1.82, 2.24) is 4.98 Å². The predicted octanol–water partition coefficient (Wildman–Crippen LogP) is 10.0. The summed E-state index contributed by atoms with van der Waals surface area (Å²) in [5, 5.41) is 15.1. The molecule has 4 aromatic carbocycles. The maximum atomic E-state index is 12.8. The van der Waals surface area contributed by atoms with Gasteiger partial charge in [-0.2, -0.15) is 0 Å².